The zero-order chi connectivity index (χ0) is 20.9. The molecule has 0 fully saturated rings. The Morgan fingerprint density at radius 3 is 2.53 bits per heavy atom. The summed E-state index contributed by atoms with van der Waals surface area (Å²) in [6, 6.07) is 18.0. The van der Waals surface area contributed by atoms with Gasteiger partial charge in [-0.15, -0.1) is 10.2 Å². The Bertz CT molecular complexity index is 1140. The molecule has 0 atom stereocenters. The number of aromatic nitrogens is 6. The smallest absolute Gasteiger partial charge is 0.232 e. The van der Waals surface area contributed by atoms with Crippen LogP contribution in [-0.2, 0) is 19.2 Å². The molecule has 30 heavy (non-hydrogen) atoms. The number of nitrogens with zero attached hydrogens (tertiary/aromatic N) is 6. The molecule has 4 aromatic rings. The van der Waals surface area contributed by atoms with E-state index in [1.165, 1.54) is 17.3 Å². The summed E-state index contributed by atoms with van der Waals surface area (Å²) in [5.74, 6) is 2.50. The Hall–Kier alpha value is -3.46. The number of hydrogen-bond donors (Lipinski definition) is 2. The van der Waals surface area contributed by atoms with Gasteiger partial charge in [-0.1, -0.05) is 67.2 Å². The second-order valence-corrected chi connectivity index (χ2v) is 7.53. The van der Waals surface area contributed by atoms with Crippen molar-refractivity contribution in [2.45, 2.75) is 24.3 Å². The average Bonchev–Trinajstić information content (AvgIpc) is 3.13. The lowest BCUT2D eigenvalue weighted by Crippen LogP contribution is -2.07. The Balaban J connectivity index is 1.50. The summed E-state index contributed by atoms with van der Waals surface area (Å²) in [6.45, 7) is 2.11. The van der Waals surface area contributed by atoms with E-state index in [9.17, 15) is 0 Å². The molecule has 4 rings (SSSR count). The van der Waals surface area contributed by atoms with Gasteiger partial charge in [0.2, 0.25) is 11.9 Å². The summed E-state index contributed by atoms with van der Waals surface area (Å²) in [7, 11) is 1.95. The molecule has 0 radical (unpaired) electrons. The van der Waals surface area contributed by atoms with E-state index in [-0.39, 0.29) is 5.95 Å². The van der Waals surface area contributed by atoms with Crippen LogP contribution in [0.1, 0.15) is 18.3 Å². The molecule has 0 unspecified atom stereocenters. The van der Waals surface area contributed by atoms with Crippen molar-refractivity contribution in [1.82, 2.24) is 29.7 Å². The van der Waals surface area contributed by atoms with Gasteiger partial charge in [-0.05, 0) is 18.1 Å². The van der Waals surface area contributed by atoms with Gasteiger partial charge >= 0.3 is 0 Å². The van der Waals surface area contributed by atoms with E-state index in [1.807, 2.05) is 60.1 Å². The third-order valence-electron chi connectivity index (χ3n) is 4.54. The standard InChI is InChI=1S/C21H22N8S/c1-3-14-9-7-8-12-16(14)23-20-25-17(24-19(22)26-20)13-30-21-28-27-18(29(21)2)15-10-5-4-6-11-15/h4-12H,3,13H2,1-2H3,(H3,22,23,24,25,26). The van der Waals surface area contributed by atoms with Gasteiger partial charge in [-0.25, -0.2) is 0 Å². The zero-order valence-electron chi connectivity index (χ0n) is 16.8. The first-order valence-corrected chi connectivity index (χ1v) is 10.6. The molecule has 8 nitrogen and oxygen atoms in total. The van der Waals surface area contributed by atoms with Crippen LogP contribution < -0.4 is 11.1 Å². The van der Waals surface area contributed by atoms with E-state index in [0.717, 1.165) is 28.7 Å². The van der Waals surface area contributed by atoms with Crippen LogP contribution in [0.4, 0.5) is 17.6 Å². The van der Waals surface area contributed by atoms with E-state index in [0.29, 0.717) is 17.5 Å². The maximum Gasteiger partial charge on any atom is 0.232 e. The zero-order valence-corrected chi connectivity index (χ0v) is 17.6. The SMILES string of the molecule is CCc1ccccc1Nc1nc(N)nc(CSc2nnc(-c3ccccc3)n2C)n1. The number of thioether (sulfide) groups is 1. The van der Waals surface area contributed by atoms with Crippen LogP contribution in [0.2, 0.25) is 0 Å². The molecular weight excluding hydrogens is 396 g/mol. The van der Waals surface area contributed by atoms with Crippen LogP contribution in [0, 0.1) is 0 Å². The van der Waals surface area contributed by atoms with Crippen LogP contribution in [0.25, 0.3) is 11.4 Å². The highest BCUT2D eigenvalue weighted by molar-refractivity contribution is 7.98. The van der Waals surface area contributed by atoms with Crippen molar-refractivity contribution in [1.29, 1.82) is 0 Å². The number of nitrogens with two attached hydrogens (primary N) is 1. The molecule has 0 amide bonds. The van der Waals surface area contributed by atoms with E-state index in [4.69, 9.17) is 5.73 Å². The van der Waals surface area contributed by atoms with Crippen molar-refractivity contribution in [3.05, 3.63) is 66.0 Å². The average molecular weight is 419 g/mol. The summed E-state index contributed by atoms with van der Waals surface area (Å²) < 4.78 is 1.96. The monoisotopic (exact) mass is 418 g/mol. The molecule has 3 N–H and O–H groups in total. The molecule has 2 heterocycles. The number of para-hydroxylation sites is 1. The van der Waals surface area contributed by atoms with Crippen LogP contribution in [0.15, 0.2) is 59.8 Å². The highest BCUT2D eigenvalue weighted by Crippen LogP contribution is 2.25. The quantitative estimate of drug-likeness (QED) is 0.436. The number of nitrogens with one attached hydrogen (secondary N) is 1. The highest BCUT2D eigenvalue weighted by atomic mass is 32.2. The van der Waals surface area contributed by atoms with E-state index >= 15 is 0 Å². The molecule has 0 saturated carbocycles. The number of hydrogen-bond acceptors (Lipinski definition) is 8. The number of rotatable bonds is 7. The van der Waals surface area contributed by atoms with E-state index in [1.54, 1.807) is 0 Å². The molecule has 0 bridgehead atoms. The maximum absolute atomic E-state index is 5.92. The van der Waals surface area contributed by atoms with Crippen molar-refractivity contribution in [3.63, 3.8) is 0 Å². The lowest BCUT2D eigenvalue weighted by molar-refractivity contribution is 0.792. The van der Waals surface area contributed by atoms with Crippen LogP contribution >= 0.6 is 11.8 Å². The van der Waals surface area contributed by atoms with Gasteiger partial charge < -0.3 is 15.6 Å². The summed E-state index contributed by atoms with van der Waals surface area (Å²) in [4.78, 5) is 13.0. The van der Waals surface area contributed by atoms with Gasteiger partial charge in [0.25, 0.3) is 0 Å². The van der Waals surface area contributed by atoms with Gasteiger partial charge in [0, 0.05) is 18.3 Å². The minimum atomic E-state index is 0.181. The minimum absolute atomic E-state index is 0.181. The molecule has 2 aromatic heterocycles. The molecule has 152 valence electrons. The lowest BCUT2D eigenvalue weighted by Gasteiger charge is -2.10. The minimum Gasteiger partial charge on any atom is -0.368 e. The molecule has 2 aromatic carbocycles. The predicted molar refractivity (Wildman–Crippen MR) is 119 cm³/mol. The molecule has 0 saturated heterocycles. The number of anilines is 3. The second kappa shape index (κ2) is 8.91. The molecule has 0 spiro atoms. The van der Waals surface area contributed by atoms with Crippen molar-refractivity contribution < 1.29 is 0 Å². The fourth-order valence-corrected chi connectivity index (χ4v) is 3.80. The van der Waals surface area contributed by atoms with Gasteiger partial charge in [0.1, 0.15) is 5.82 Å². The van der Waals surface area contributed by atoms with Gasteiger partial charge in [0.15, 0.2) is 11.0 Å². The predicted octanol–water partition coefficient (Wildman–Crippen LogP) is 3.85. The fraction of sp³-hybridized carbons (Fsp3) is 0.190. The van der Waals surface area contributed by atoms with E-state index < -0.39 is 0 Å². The topological polar surface area (TPSA) is 107 Å². The Labute approximate surface area is 179 Å². The van der Waals surface area contributed by atoms with Crippen LogP contribution in [0.5, 0.6) is 0 Å². The maximum atomic E-state index is 5.92. The fourth-order valence-electron chi connectivity index (χ4n) is 3.04. The van der Waals surface area contributed by atoms with Gasteiger partial charge in [0.05, 0.1) is 5.75 Å². The Kier molecular flexibility index (Phi) is 5.89. The van der Waals surface area contributed by atoms with Gasteiger partial charge in [-0.2, -0.15) is 15.0 Å². The van der Waals surface area contributed by atoms with Crippen molar-refractivity contribution in [3.8, 4) is 11.4 Å². The van der Waals surface area contributed by atoms with E-state index in [2.05, 4.69) is 43.5 Å². The number of aryl methyl sites for hydroxylation is 1. The second-order valence-electron chi connectivity index (χ2n) is 6.59. The van der Waals surface area contributed by atoms with Crippen molar-refractivity contribution >= 4 is 29.3 Å². The normalized spacial score (nSPS) is 10.9. The largest absolute Gasteiger partial charge is 0.368 e. The summed E-state index contributed by atoms with van der Waals surface area (Å²) in [5, 5.41) is 12.6. The van der Waals surface area contributed by atoms with Crippen LogP contribution in [0.3, 0.4) is 0 Å². The molecular formula is C21H22N8S. The number of benzene rings is 2. The summed E-state index contributed by atoms with van der Waals surface area (Å²) >= 11 is 1.50. The molecule has 0 aliphatic rings. The summed E-state index contributed by atoms with van der Waals surface area (Å²) in [5.41, 5.74) is 9.08. The van der Waals surface area contributed by atoms with Crippen molar-refractivity contribution in [2.75, 3.05) is 11.1 Å². The van der Waals surface area contributed by atoms with Crippen molar-refractivity contribution in [2.24, 2.45) is 7.05 Å². The molecule has 0 aliphatic heterocycles. The first-order valence-electron chi connectivity index (χ1n) is 9.57. The Morgan fingerprint density at radius 1 is 0.967 bits per heavy atom. The van der Waals surface area contributed by atoms with Gasteiger partial charge in [-0.3, -0.25) is 0 Å². The lowest BCUT2D eigenvalue weighted by atomic mass is 10.1. The third kappa shape index (κ3) is 4.41. The highest BCUT2D eigenvalue weighted by Gasteiger charge is 2.13. The third-order valence-corrected chi connectivity index (χ3v) is 5.56. The molecule has 0 aliphatic carbocycles. The number of nitrogen functional groups attached to an aromatic ring is 1. The Morgan fingerprint density at radius 2 is 1.73 bits per heavy atom. The molecule has 9 heteroatoms. The summed E-state index contributed by atoms with van der Waals surface area (Å²) in [6.07, 6.45) is 0.905. The first kappa shape index (κ1) is 19.8. The van der Waals surface area contributed by atoms with Crippen LogP contribution in [-0.4, -0.2) is 29.7 Å². The first-order chi connectivity index (χ1) is 14.6.